The fraction of sp³-hybridized carbons (Fsp3) is 0.333. The van der Waals surface area contributed by atoms with Crippen molar-refractivity contribution in [3.05, 3.63) is 63.6 Å². The lowest BCUT2D eigenvalue weighted by molar-refractivity contribution is -0.124. The number of carbonyl (C=O) groups is 2. The topological polar surface area (TPSA) is 92.8 Å². The van der Waals surface area contributed by atoms with Gasteiger partial charge in [-0.3, -0.25) is 4.79 Å². The summed E-state index contributed by atoms with van der Waals surface area (Å²) in [5.74, 6) is -1.22. The van der Waals surface area contributed by atoms with Crippen molar-refractivity contribution in [1.82, 2.24) is 9.62 Å². The third-order valence-corrected chi connectivity index (χ3v) is 7.41. The van der Waals surface area contributed by atoms with E-state index in [1.807, 2.05) is 0 Å². The minimum Gasteiger partial charge on any atom is -0.452 e. The molecule has 1 heterocycles. The van der Waals surface area contributed by atoms with Crippen LogP contribution in [-0.2, 0) is 19.6 Å². The molecule has 0 spiro atoms. The number of sulfonamides is 1. The van der Waals surface area contributed by atoms with Gasteiger partial charge in [-0.15, -0.1) is 0 Å². The Hall–Kier alpha value is -2.13. The normalized spacial score (nSPS) is 15.5. The van der Waals surface area contributed by atoms with E-state index in [0.717, 1.165) is 12.8 Å². The van der Waals surface area contributed by atoms with Crippen LogP contribution in [0.4, 0.5) is 0 Å². The fourth-order valence-corrected chi connectivity index (χ4v) is 5.36. The molecule has 0 aliphatic carbocycles. The van der Waals surface area contributed by atoms with Crippen LogP contribution < -0.4 is 5.32 Å². The first-order valence-corrected chi connectivity index (χ1v) is 11.9. The molecule has 1 aliphatic rings. The zero-order chi connectivity index (χ0) is 22.6. The van der Waals surface area contributed by atoms with Gasteiger partial charge in [0, 0.05) is 23.1 Å². The van der Waals surface area contributed by atoms with Crippen molar-refractivity contribution >= 4 is 45.1 Å². The lowest BCUT2D eigenvalue weighted by Gasteiger charge is -2.16. The first-order chi connectivity index (χ1) is 14.7. The Labute approximate surface area is 191 Å². The third-order valence-electron chi connectivity index (χ3n) is 4.93. The molecule has 2 aromatic carbocycles. The van der Waals surface area contributed by atoms with Crippen molar-refractivity contribution in [2.75, 3.05) is 19.7 Å². The number of hydrogen-bond donors (Lipinski definition) is 1. The van der Waals surface area contributed by atoms with Gasteiger partial charge in [-0.1, -0.05) is 29.3 Å². The van der Waals surface area contributed by atoms with Crippen molar-refractivity contribution in [3.63, 3.8) is 0 Å². The van der Waals surface area contributed by atoms with Gasteiger partial charge in [0.1, 0.15) is 0 Å². The Kier molecular flexibility index (Phi) is 7.59. The number of nitrogens with one attached hydrogen (secondary N) is 1. The highest BCUT2D eigenvalue weighted by molar-refractivity contribution is 7.89. The maximum Gasteiger partial charge on any atom is 0.338 e. The average Bonchev–Trinajstić information content (AvgIpc) is 3.28. The molecule has 0 radical (unpaired) electrons. The lowest BCUT2D eigenvalue weighted by atomic mass is 10.1. The van der Waals surface area contributed by atoms with Crippen molar-refractivity contribution < 1.29 is 22.7 Å². The van der Waals surface area contributed by atoms with E-state index >= 15 is 0 Å². The predicted octanol–water partition coefficient (Wildman–Crippen LogP) is 3.81. The van der Waals surface area contributed by atoms with E-state index in [1.165, 1.54) is 28.6 Å². The Balaban J connectivity index is 1.54. The van der Waals surface area contributed by atoms with Crippen LogP contribution in [0.2, 0.25) is 10.0 Å². The second-order valence-electron chi connectivity index (χ2n) is 7.17. The number of benzene rings is 2. The van der Waals surface area contributed by atoms with Crippen LogP contribution in [0.15, 0.2) is 47.4 Å². The zero-order valence-corrected chi connectivity index (χ0v) is 19.1. The summed E-state index contributed by atoms with van der Waals surface area (Å²) >= 11 is 12.0. The standard InChI is InChI=1S/C21H22Cl2N2O5S/c1-14(18-9-6-16(22)12-19(18)23)24-20(26)13-30-21(27)15-4-7-17(8-5-15)31(28,29)25-10-2-3-11-25/h4-9,12,14H,2-3,10-11,13H2,1H3,(H,24,26). The van der Waals surface area contributed by atoms with Gasteiger partial charge in [0.2, 0.25) is 10.0 Å². The lowest BCUT2D eigenvalue weighted by Crippen LogP contribution is -2.31. The quantitative estimate of drug-likeness (QED) is 0.603. The highest BCUT2D eigenvalue weighted by Gasteiger charge is 2.27. The summed E-state index contributed by atoms with van der Waals surface area (Å²) in [6, 6.07) is 10.0. The molecule has 1 saturated heterocycles. The average molecular weight is 485 g/mol. The predicted molar refractivity (Wildman–Crippen MR) is 118 cm³/mol. The van der Waals surface area contributed by atoms with Gasteiger partial charge in [0.05, 0.1) is 16.5 Å². The molecule has 7 nitrogen and oxygen atoms in total. The Morgan fingerprint density at radius 3 is 2.35 bits per heavy atom. The molecule has 0 aromatic heterocycles. The van der Waals surface area contributed by atoms with Crippen LogP contribution in [0.3, 0.4) is 0 Å². The minimum absolute atomic E-state index is 0.123. The maximum atomic E-state index is 12.5. The smallest absolute Gasteiger partial charge is 0.338 e. The van der Waals surface area contributed by atoms with Crippen molar-refractivity contribution in [3.8, 4) is 0 Å². The second kappa shape index (κ2) is 9.99. The molecule has 3 rings (SSSR count). The summed E-state index contributed by atoms with van der Waals surface area (Å²) in [5, 5.41) is 3.60. The summed E-state index contributed by atoms with van der Waals surface area (Å²) < 4.78 is 31.5. The van der Waals surface area contributed by atoms with Gasteiger partial charge in [-0.2, -0.15) is 4.31 Å². The van der Waals surface area contributed by atoms with Crippen LogP contribution in [0, 0.1) is 0 Å². The molecule has 1 atom stereocenters. The number of rotatable bonds is 7. The van der Waals surface area contributed by atoms with Crippen LogP contribution >= 0.6 is 23.2 Å². The molecule has 31 heavy (non-hydrogen) atoms. The van der Waals surface area contributed by atoms with Crippen molar-refractivity contribution in [2.45, 2.75) is 30.7 Å². The SMILES string of the molecule is CC(NC(=O)COC(=O)c1ccc(S(=O)(=O)N2CCCC2)cc1)c1ccc(Cl)cc1Cl. The van der Waals surface area contributed by atoms with Crippen LogP contribution in [0.25, 0.3) is 0 Å². The molecule has 1 aliphatic heterocycles. The molecule has 1 fully saturated rings. The van der Waals surface area contributed by atoms with E-state index < -0.39 is 34.5 Å². The van der Waals surface area contributed by atoms with Gasteiger partial charge >= 0.3 is 5.97 Å². The molecule has 2 aromatic rings. The summed E-state index contributed by atoms with van der Waals surface area (Å²) in [6.45, 7) is 2.26. The van der Waals surface area contributed by atoms with Crippen molar-refractivity contribution in [1.29, 1.82) is 0 Å². The molecule has 0 bridgehead atoms. The molecule has 1 N–H and O–H groups in total. The van der Waals surface area contributed by atoms with Gasteiger partial charge < -0.3 is 10.1 Å². The van der Waals surface area contributed by atoms with Crippen LogP contribution in [-0.4, -0.2) is 44.3 Å². The van der Waals surface area contributed by atoms with E-state index in [4.69, 9.17) is 27.9 Å². The molecule has 10 heteroatoms. The molecular formula is C21H22Cl2N2O5S. The Morgan fingerprint density at radius 1 is 1.10 bits per heavy atom. The first-order valence-electron chi connectivity index (χ1n) is 9.70. The minimum atomic E-state index is -3.55. The van der Waals surface area contributed by atoms with E-state index in [-0.39, 0.29) is 10.5 Å². The number of esters is 1. The molecular weight excluding hydrogens is 463 g/mol. The molecule has 166 valence electrons. The Bertz CT molecular complexity index is 1070. The van der Waals surface area contributed by atoms with Crippen molar-refractivity contribution in [2.24, 2.45) is 0 Å². The summed E-state index contributed by atoms with van der Waals surface area (Å²) in [6.07, 6.45) is 1.68. The monoisotopic (exact) mass is 484 g/mol. The second-order valence-corrected chi connectivity index (χ2v) is 9.95. The highest BCUT2D eigenvalue weighted by atomic mass is 35.5. The van der Waals surface area contributed by atoms with E-state index in [0.29, 0.717) is 28.7 Å². The number of amides is 1. The summed E-state index contributed by atoms with van der Waals surface area (Å²) in [4.78, 5) is 24.5. The van der Waals surface area contributed by atoms with E-state index in [1.54, 1.807) is 25.1 Å². The number of hydrogen-bond acceptors (Lipinski definition) is 5. The van der Waals surface area contributed by atoms with Gasteiger partial charge in [-0.05, 0) is 61.7 Å². The highest BCUT2D eigenvalue weighted by Crippen LogP contribution is 2.26. The fourth-order valence-electron chi connectivity index (χ4n) is 3.27. The van der Waals surface area contributed by atoms with E-state index in [9.17, 15) is 18.0 Å². The zero-order valence-electron chi connectivity index (χ0n) is 16.8. The molecule has 1 unspecified atom stereocenters. The van der Waals surface area contributed by atoms with Crippen LogP contribution in [0.1, 0.15) is 41.7 Å². The number of carbonyl (C=O) groups excluding carboxylic acids is 2. The maximum absolute atomic E-state index is 12.5. The van der Waals surface area contributed by atoms with E-state index in [2.05, 4.69) is 5.32 Å². The van der Waals surface area contributed by atoms with Gasteiger partial charge in [-0.25, -0.2) is 13.2 Å². The first kappa shape index (κ1) is 23.5. The Morgan fingerprint density at radius 2 is 1.74 bits per heavy atom. The summed E-state index contributed by atoms with van der Waals surface area (Å²) in [7, 11) is -3.55. The van der Waals surface area contributed by atoms with Crippen LogP contribution in [0.5, 0.6) is 0 Å². The van der Waals surface area contributed by atoms with Gasteiger partial charge in [0.25, 0.3) is 5.91 Å². The molecule has 0 saturated carbocycles. The van der Waals surface area contributed by atoms with Gasteiger partial charge in [0.15, 0.2) is 6.61 Å². The number of ether oxygens (including phenoxy) is 1. The third kappa shape index (κ3) is 5.77. The summed E-state index contributed by atoms with van der Waals surface area (Å²) in [5.41, 5.74) is 0.836. The number of nitrogens with zero attached hydrogens (tertiary/aromatic N) is 1. The molecule has 1 amide bonds. The largest absolute Gasteiger partial charge is 0.452 e. The number of halogens is 2.